The molecule has 2 aromatic rings. The summed E-state index contributed by atoms with van der Waals surface area (Å²) >= 11 is 0. The highest BCUT2D eigenvalue weighted by Crippen LogP contribution is 2.23. The Labute approximate surface area is 160 Å². The van der Waals surface area contributed by atoms with Crippen LogP contribution in [0, 0.1) is 6.92 Å². The van der Waals surface area contributed by atoms with E-state index in [-0.39, 0.29) is 17.5 Å². The first-order valence-corrected chi connectivity index (χ1v) is 10.8. The van der Waals surface area contributed by atoms with Gasteiger partial charge in [-0.1, -0.05) is 18.2 Å². The van der Waals surface area contributed by atoms with Crippen LogP contribution >= 0.6 is 0 Å². The number of nitrogens with zero attached hydrogens (tertiary/aromatic N) is 3. The lowest BCUT2D eigenvalue weighted by Gasteiger charge is -2.25. The molecular weight excluding hydrogens is 364 g/mol. The average Bonchev–Trinajstić information content (AvgIpc) is 3.01. The van der Waals surface area contributed by atoms with Crippen LogP contribution in [0.5, 0.6) is 5.75 Å². The Hall–Kier alpha value is -2.35. The fourth-order valence-corrected chi connectivity index (χ4v) is 5.07. The quantitative estimate of drug-likeness (QED) is 0.775. The normalized spacial score (nSPS) is 18.3. The molecule has 2 heterocycles. The third kappa shape index (κ3) is 4.88. The van der Waals surface area contributed by atoms with Crippen LogP contribution in [0.3, 0.4) is 0 Å². The zero-order chi connectivity index (χ0) is 19.4. The molecule has 1 aliphatic heterocycles. The van der Waals surface area contributed by atoms with Crippen LogP contribution in [0.25, 0.3) is 0 Å². The maximum Gasteiger partial charge on any atom is 0.224 e. The molecule has 27 heavy (non-hydrogen) atoms. The molecule has 1 unspecified atom stereocenters. The second-order valence-corrected chi connectivity index (χ2v) is 9.08. The highest BCUT2D eigenvalue weighted by molar-refractivity contribution is 7.91. The van der Waals surface area contributed by atoms with E-state index in [4.69, 9.17) is 4.74 Å². The minimum absolute atomic E-state index is 0.0364. The van der Waals surface area contributed by atoms with Gasteiger partial charge in [-0.05, 0) is 31.4 Å². The topological polar surface area (TPSA) is 84.4 Å². The Balaban J connectivity index is 1.66. The van der Waals surface area contributed by atoms with Crippen LogP contribution in [0.4, 0.5) is 11.8 Å². The van der Waals surface area contributed by atoms with Crippen molar-refractivity contribution in [1.29, 1.82) is 0 Å². The van der Waals surface area contributed by atoms with Crippen LogP contribution in [-0.2, 0) is 16.3 Å². The van der Waals surface area contributed by atoms with E-state index in [0.717, 1.165) is 29.2 Å². The number of sulfone groups is 1. The van der Waals surface area contributed by atoms with E-state index < -0.39 is 9.84 Å². The second-order valence-electron chi connectivity index (χ2n) is 6.85. The Morgan fingerprint density at radius 1 is 1.30 bits per heavy atom. The van der Waals surface area contributed by atoms with Crippen molar-refractivity contribution in [2.75, 3.05) is 42.4 Å². The first kappa shape index (κ1) is 19.4. The molecule has 1 aliphatic rings. The number of aryl methyl sites for hydroxylation is 1. The summed E-state index contributed by atoms with van der Waals surface area (Å²) in [6.45, 7) is 2.58. The molecule has 0 saturated carbocycles. The highest BCUT2D eigenvalue weighted by Gasteiger charge is 2.31. The van der Waals surface area contributed by atoms with Gasteiger partial charge < -0.3 is 15.0 Å². The summed E-state index contributed by atoms with van der Waals surface area (Å²) in [6.07, 6.45) is 1.42. The first-order valence-electron chi connectivity index (χ1n) is 9.02. The Morgan fingerprint density at radius 3 is 2.78 bits per heavy atom. The van der Waals surface area contributed by atoms with E-state index in [1.165, 1.54) is 0 Å². The summed E-state index contributed by atoms with van der Waals surface area (Å²) < 4.78 is 28.9. The zero-order valence-corrected chi connectivity index (χ0v) is 16.8. The van der Waals surface area contributed by atoms with Gasteiger partial charge in [0.05, 0.1) is 18.6 Å². The molecule has 0 amide bonds. The molecule has 7 nitrogen and oxygen atoms in total. The molecule has 1 aromatic carbocycles. The summed E-state index contributed by atoms with van der Waals surface area (Å²) in [4.78, 5) is 11.0. The molecule has 1 aromatic heterocycles. The Kier molecular flexibility index (Phi) is 5.84. The molecule has 1 atom stereocenters. The van der Waals surface area contributed by atoms with E-state index in [1.807, 2.05) is 49.2 Å². The average molecular weight is 391 g/mol. The van der Waals surface area contributed by atoms with Crippen molar-refractivity contribution < 1.29 is 13.2 Å². The van der Waals surface area contributed by atoms with Crippen molar-refractivity contribution in [2.45, 2.75) is 25.8 Å². The number of rotatable bonds is 7. The minimum atomic E-state index is -2.93. The molecule has 0 spiro atoms. The van der Waals surface area contributed by atoms with E-state index in [1.54, 1.807) is 7.11 Å². The molecule has 1 N–H and O–H groups in total. The number of methoxy groups -OCH3 is 1. The maximum absolute atomic E-state index is 11.8. The molecule has 0 aliphatic carbocycles. The lowest BCUT2D eigenvalue weighted by molar-refractivity contribution is 0.410. The Morgan fingerprint density at radius 2 is 2.07 bits per heavy atom. The number of nitrogens with one attached hydrogen (secondary N) is 1. The van der Waals surface area contributed by atoms with Crippen molar-refractivity contribution in [1.82, 2.24) is 9.97 Å². The summed E-state index contributed by atoms with van der Waals surface area (Å²) in [5.41, 5.74) is 1.96. The number of hydrogen-bond acceptors (Lipinski definition) is 7. The third-order valence-corrected chi connectivity index (χ3v) is 6.58. The van der Waals surface area contributed by atoms with Gasteiger partial charge in [0.2, 0.25) is 5.95 Å². The Bertz CT molecular complexity index is 902. The van der Waals surface area contributed by atoms with Gasteiger partial charge in [-0.3, -0.25) is 0 Å². The van der Waals surface area contributed by atoms with Crippen molar-refractivity contribution in [3.8, 4) is 5.75 Å². The van der Waals surface area contributed by atoms with E-state index >= 15 is 0 Å². The predicted molar refractivity (Wildman–Crippen MR) is 107 cm³/mol. The molecule has 8 heteroatoms. The number of anilines is 2. The van der Waals surface area contributed by atoms with Gasteiger partial charge in [-0.25, -0.2) is 13.4 Å². The molecule has 3 rings (SSSR count). The molecular formula is C19H26N4O3S. The van der Waals surface area contributed by atoms with Gasteiger partial charge in [-0.2, -0.15) is 4.98 Å². The molecule has 1 fully saturated rings. The first-order chi connectivity index (χ1) is 12.9. The van der Waals surface area contributed by atoms with Crippen molar-refractivity contribution in [2.24, 2.45) is 0 Å². The number of para-hydroxylation sites is 1. The number of ether oxygens (including phenoxy) is 1. The monoisotopic (exact) mass is 390 g/mol. The SMILES string of the molecule is COc1ccccc1CCNc1nc(C)cc(N(C)C2CCS(=O)(=O)C2)n1. The van der Waals surface area contributed by atoms with E-state index in [0.29, 0.717) is 18.9 Å². The van der Waals surface area contributed by atoms with Crippen molar-refractivity contribution in [3.05, 3.63) is 41.6 Å². The van der Waals surface area contributed by atoms with E-state index in [2.05, 4.69) is 15.3 Å². The largest absolute Gasteiger partial charge is 0.496 e. The van der Waals surface area contributed by atoms with Crippen LogP contribution in [0.2, 0.25) is 0 Å². The summed E-state index contributed by atoms with van der Waals surface area (Å²) in [6, 6.07) is 9.77. The summed E-state index contributed by atoms with van der Waals surface area (Å²) in [7, 11) is 0.630. The number of benzene rings is 1. The van der Waals surface area contributed by atoms with Crippen LogP contribution in [0.1, 0.15) is 17.7 Å². The third-order valence-electron chi connectivity index (χ3n) is 4.83. The van der Waals surface area contributed by atoms with Crippen LogP contribution < -0.4 is 15.0 Å². The van der Waals surface area contributed by atoms with Gasteiger partial charge in [0.25, 0.3) is 0 Å². The van der Waals surface area contributed by atoms with Crippen molar-refractivity contribution in [3.63, 3.8) is 0 Å². The lowest BCUT2D eigenvalue weighted by Crippen LogP contribution is -2.33. The van der Waals surface area contributed by atoms with Gasteiger partial charge in [-0.15, -0.1) is 0 Å². The number of aromatic nitrogens is 2. The van der Waals surface area contributed by atoms with Crippen LogP contribution in [-0.4, -0.2) is 56.6 Å². The highest BCUT2D eigenvalue weighted by atomic mass is 32.2. The zero-order valence-electron chi connectivity index (χ0n) is 16.0. The lowest BCUT2D eigenvalue weighted by atomic mass is 10.1. The molecule has 1 saturated heterocycles. The van der Waals surface area contributed by atoms with Gasteiger partial charge >= 0.3 is 0 Å². The standard InChI is InChI=1S/C19H26N4O3S/c1-14-12-18(23(2)16-9-11-27(24,25)13-16)22-19(21-14)20-10-8-15-6-4-5-7-17(15)26-3/h4-7,12,16H,8-11,13H2,1-3H3,(H,20,21,22). The molecule has 0 radical (unpaired) electrons. The fourth-order valence-electron chi connectivity index (χ4n) is 3.30. The summed E-state index contributed by atoms with van der Waals surface area (Å²) in [5, 5.41) is 3.26. The number of hydrogen-bond donors (Lipinski definition) is 1. The minimum Gasteiger partial charge on any atom is -0.496 e. The van der Waals surface area contributed by atoms with Crippen molar-refractivity contribution >= 4 is 21.6 Å². The second kappa shape index (κ2) is 8.12. The fraction of sp³-hybridized carbons (Fsp3) is 0.474. The molecule has 0 bridgehead atoms. The van der Waals surface area contributed by atoms with Gasteiger partial charge in [0, 0.05) is 31.4 Å². The molecule has 146 valence electrons. The van der Waals surface area contributed by atoms with E-state index in [9.17, 15) is 8.42 Å². The predicted octanol–water partition coefficient (Wildman–Crippen LogP) is 2.07. The maximum atomic E-state index is 11.8. The van der Waals surface area contributed by atoms with Crippen LogP contribution in [0.15, 0.2) is 30.3 Å². The van der Waals surface area contributed by atoms with Gasteiger partial charge in [0.1, 0.15) is 11.6 Å². The van der Waals surface area contributed by atoms with Gasteiger partial charge in [0.15, 0.2) is 9.84 Å². The smallest absolute Gasteiger partial charge is 0.224 e. The summed E-state index contributed by atoms with van der Waals surface area (Å²) in [5.74, 6) is 2.59.